The fourth-order valence-electron chi connectivity index (χ4n) is 1.36. The number of halogens is 2. The standard InChI is InChI=1S/C11H7BrFN3/c12-10-5-15-16(7-10)6-9-3-8(4-14)1-2-11(9)13/h1-3,5,7H,6H2. The predicted molar refractivity (Wildman–Crippen MR) is 60.1 cm³/mol. The second kappa shape index (κ2) is 4.45. The lowest BCUT2D eigenvalue weighted by atomic mass is 10.1. The zero-order valence-corrected chi connectivity index (χ0v) is 9.78. The van der Waals surface area contributed by atoms with Gasteiger partial charge in [-0.3, -0.25) is 4.68 Å². The Hall–Kier alpha value is -1.67. The van der Waals surface area contributed by atoms with Gasteiger partial charge in [0, 0.05) is 11.8 Å². The van der Waals surface area contributed by atoms with Gasteiger partial charge in [-0.25, -0.2) is 4.39 Å². The van der Waals surface area contributed by atoms with Crippen molar-refractivity contribution >= 4 is 15.9 Å². The van der Waals surface area contributed by atoms with Crippen LogP contribution in [0.25, 0.3) is 0 Å². The molecular weight excluding hydrogens is 273 g/mol. The molecule has 0 atom stereocenters. The van der Waals surface area contributed by atoms with E-state index in [0.29, 0.717) is 17.7 Å². The van der Waals surface area contributed by atoms with Gasteiger partial charge in [-0.15, -0.1) is 0 Å². The van der Waals surface area contributed by atoms with Gasteiger partial charge in [-0.05, 0) is 34.1 Å². The summed E-state index contributed by atoms with van der Waals surface area (Å²) in [4.78, 5) is 0. The predicted octanol–water partition coefficient (Wildman–Crippen LogP) is 2.70. The minimum Gasteiger partial charge on any atom is -0.267 e. The highest BCUT2D eigenvalue weighted by atomic mass is 79.9. The van der Waals surface area contributed by atoms with E-state index in [1.165, 1.54) is 18.2 Å². The number of rotatable bonds is 2. The Morgan fingerprint density at radius 2 is 2.31 bits per heavy atom. The lowest BCUT2D eigenvalue weighted by Gasteiger charge is -2.03. The highest BCUT2D eigenvalue weighted by Crippen LogP contribution is 2.13. The molecule has 16 heavy (non-hydrogen) atoms. The SMILES string of the molecule is N#Cc1ccc(F)c(Cn2cc(Br)cn2)c1. The summed E-state index contributed by atoms with van der Waals surface area (Å²) in [6.45, 7) is 0.312. The average molecular weight is 280 g/mol. The minimum absolute atomic E-state index is 0.312. The summed E-state index contributed by atoms with van der Waals surface area (Å²) in [5.74, 6) is -0.328. The van der Waals surface area contributed by atoms with Gasteiger partial charge in [0.05, 0.1) is 28.8 Å². The molecule has 0 aliphatic rings. The molecule has 0 bridgehead atoms. The van der Waals surface area contributed by atoms with Crippen molar-refractivity contribution < 1.29 is 4.39 Å². The molecule has 3 nitrogen and oxygen atoms in total. The Morgan fingerprint density at radius 3 is 2.94 bits per heavy atom. The zero-order valence-electron chi connectivity index (χ0n) is 8.19. The third-order valence-corrected chi connectivity index (χ3v) is 2.52. The molecule has 1 aromatic heterocycles. The van der Waals surface area contributed by atoms with Crippen LogP contribution in [0.15, 0.2) is 35.1 Å². The molecule has 0 radical (unpaired) electrons. The zero-order chi connectivity index (χ0) is 11.5. The maximum Gasteiger partial charge on any atom is 0.128 e. The molecule has 0 N–H and O–H groups in total. The van der Waals surface area contributed by atoms with Gasteiger partial charge in [0.2, 0.25) is 0 Å². The highest BCUT2D eigenvalue weighted by molar-refractivity contribution is 9.10. The molecule has 0 aliphatic heterocycles. The number of hydrogen-bond donors (Lipinski definition) is 0. The smallest absolute Gasteiger partial charge is 0.128 e. The third-order valence-electron chi connectivity index (χ3n) is 2.11. The molecule has 0 spiro atoms. The van der Waals surface area contributed by atoms with Gasteiger partial charge in [0.1, 0.15) is 5.82 Å². The fraction of sp³-hybridized carbons (Fsp3) is 0.0909. The van der Waals surface area contributed by atoms with Crippen LogP contribution >= 0.6 is 15.9 Å². The fourth-order valence-corrected chi connectivity index (χ4v) is 1.69. The Bertz CT molecular complexity index is 557. The van der Waals surface area contributed by atoms with E-state index in [4.69, 9.17) is 5.26 Å². The van der Waals surface area contributed by atoms with Crippen molar-refractivity contribution in [2.24, 2.45) is 0 Å². The van der Waals surface area contributed by atoms with E-state index in [0.717, 1.165) is 4.47 Å². The van der Waals surface area contributed by atoms with Crippen LogP contribution < -0.4 is 0 Å². The van der Waals surface area contributed by atoms with Gasteiger partial charge in [-0.1, -0.05) is 0 Å². The molecule has 5 heteroatoms. The molecule has 0 aliphatic carbocycles. The summed E-state index contributed by atoms with van der Waals surface area (Å²) in [5, 5.41) is 12.7. The molecular formula is C11H7BrFN3. The van der Waals surface area contributed by atoms with Crippen LogP contribution in [0.5, 0.6) is 0 Å². The Labute approximate surface area is 100 Å². The van der Waals surface area contributed by atoms with Crippen molar-refractivity contribution in [2.45, 2.75) is 6.54 Å². The summed E-state index contributed by atoms with van der Waals surface area (Å²) in [6.07, 6.45) is 3.38. The van der Waals surface area contributed by atoms with E-state index >= 15 is 0 Å². The minimum atomic E-state index is -0.328. The monoisotopic (exact) mass is 279 g/mol. The van der Waals surface area contributed by atoms with E-state index in [9.17, 15) is 4.39 Å². The van der Waals surface area contributed by atoms with Crippen molar-refractivity contribution in [3.63, 3.8) is 0 Å². The van der Waals surface area contributed by atoms with Gasteiger partial charge in [-0.2, -0.15) is 10.4 Å². The molecule has 0 amide bonds. The molecule has 0 fully saturated rings. The molecule has 2 aromatic rings. The summed E-state index contributed by atoms with van der Waals surface area (Å²) >= 11 is 3.26. The first-order chi connectivity index (χ1) is 7.69. The van der Waals surface area contributed by atoms with E-state index in [-0.39, 0.29) is 5.82 Å². The van der Waals surface area contributed by atoms with Gasteiger partial charge in [0.15, 0.2) is 0 Å². The van der Waals surface area contributed by atoms with E-state index in [2.05, 4.69) is 21.0 Å². The maximum atomic E-state index is 13.4. The van der Waals surface area contributed by atoms with Gasteiger partial charge >= 0.3 is 0 Å². The van der Waals surface area contributed by atoms with Gasteiger partial charge in [0.25, 0.3) is 0 Å². The number of aromatic nitrogens is 2. The average Bonchev–Trinajstić information content (AvgIpc) is 2.67. The van der Waals surface area contributed by atoms with Crippen LogP contribution in [0.2, 0.25) is 0 Å². The molecule has 2 rings (SSSR count). The number of hydrogen-bond acceptors (Lipinski definition) is 2. The first-order valence-electron chi connectivity index (χ1n) is 4.55. The van der Waals surface area contributed by atoms with Crippen molar-refractivity contribution in [1.82, 2.24) is 9.78 Å². The molecule has 0 unspecified atom stereocenters. The largest absolute Gasteiger partial charge is 0.267 e. The number of nitriles is 1. The Balaban J connectivity index is 2.30. The third kappa shape index (κ3) is 2.28. The van der Waals surface area contributed by atoms with E-state index in [1.807, 2.05) is 6.07 Å². The maximum absolute atomic E-state index is 13.4. The van der Waals surface area contributed by atoms with Crippen LogP contribution in [-0.2, 0) is 6.54 Å². The Kier molecular flexibility index (Phi) is 3.02. The van der Waals surface area contributed by atoms with E-state index in [1.54, 1.807) is 17.1 Å². The lowest BCUT2D eigenvalue weighted by molar-refractivity contribution is 0.585. The normalized spacial score (nSPS) is 10.1. The number of benzene rings is 1. The van der Waals surface area contributed by atoms with Crippen LogP contribution in [0.3, 0.4) is 0 Å². The molecule has 0 saturated carbocycles. The quantitative estimate of drug-likeness (QED) is 0.848. The Morgan fingerprint density at radius 1 is 1.50 bits per heavy atom. The van der Waals surface area contributed by atoms with Crippen molar-refractivity contribution in [2.75, 3.05) is 0 Å². The van der Waals surface area contributed by atoms with Crippen molar-refractivity contribution in [3.05, 3.63) is 52.0 Å². The summed E-state index contributed by atoms with van der Waals surface area (Å²) in [6, 6.07) is 6.27. The summed E-state index contributed by atoms with van der Waals surface area (Å²) in [7, 11) is 0. The molecule has 1 heterocycles. The summed E-state index contributed by atoms with van der Waals surface area (Å²) in [5.41, 5.74) is 0.900. The summed E-state index contributed by atoms with van der Waals surface area (Å²) < 4.78 is 15.9. The van der Waals surface area contributed by atoms with Crippen LogP contribution in [-0.4, -0.2) is 9.78 Å². The second-order valence-corrected chi connectivity index (χ2v) is 4.19. The first kappa shape index (κ1) is 10.8. The number of nitrogens with zero attached hydrogens (tertiary/aromatic N) is 3. The molecule has 0 saturated heterocycles. The van der Waals surface area contributed by atoms with Gasteiger partial charge < -0.3 is 0 Å². The topological polar surface area (TPSA) is 41.6 Å². The van der Waals surface area contributed by atoms with Crippen LogP contribution in [0, 0.1) is 17.1 Å². The van der Waals surface area contributed by atoms with Crippen LogP contribution in [0.1, 0.15) is 11.1 Å². The second-order valence-electron chi connectivity index (χ2n) is 3.27. The van der Waals surface area contributed by atoms with Crippen LogP contribution in [0.4, 0.5) is 4.39 Å². The highest BCUT2D eigenvalue weighted by Gasteiger charge is 2.05. The first-order valence-corrected chi connectivity index (χ1v) is 5.35. The molecule has 1 aromatic carbocycles. The molecule has 80 valence electrons. The van der Waals surface area contributed by atoms with E-state index < -0.39 is 0 Å². The van der Waals surface area contributed by atoms with Crippen molar-refractivity contribution in [1.29, 1.82) is 5.26 Å². The van der Waals surface area contributed by atoms with Crippen molar-refractivity contribution in [3.8, 4) is 6.07 Å². The lowest BCUT2D eigenvalue weighted by Crippen LogP contribution is -2.02.